The molecule has 4 heteroatoms. The minimum Gasteiger partial charge on any atom is -0.438 e. The van der Waals surface area contributed by atoms with Crippen LogP contribution in [0.4, 0.5) is 0 Å². The van der Waals surface area contributed by atoms with Crippen molar-refractivity contribution >= 4 is 17.6 Å². The van der Waals surface area contributed by atoms with Crippen LogP contribution in [-0.4, -0.2) is 11.3 Å². The van der Waals surface area contributed by atoms with E-state index in [4.69, 9.17) is 4.74 Å². The monoisotopic (exact) mass is 295 g/mol. The van der Waals surface area contributed by atoms with Gasteiger partial charge >= 0.3 is 0 Å². The van der Waals surface area contributed by atoms with Gasteiger partial charge in [-0.05, 0) is 48.2 Å². The standard InChI is InChI=1S/C17H13NO2S/c1-12-4-2-6-17(18-12)20-15-8-7-13(10-14(15)11-19)16-5-3-9-21-16/h2-11H,1H3. The van der Waals surface area contributed by atoms with E-state index >= 15 is 0 Å². The number of carbonyl (C=O) groups is 1. The number of ether oxygens (including phenoxy) is 1. The van der Waals surface area contributed by atoms with Gasteiger partial charge in [-0.15, -0.1) is 11.3 Å². The Kier molecular flexibility index (Phi) is 3.79. The van der Waals surface area contributed by atoms with Gasteiger partial charge in [-0.2, -0.15) is 0 Å². The number of pyridine rings is 1. The molecule has 0 aliphatic heterocycles. The Bertz CT molecular complexity index is 766. The van der Waals surface area contributed by atoms with Crippen molar-refractivity contribution in [3.05, 3.63) is 65.2 Å². The van der Waals surface area contributed by atoms with Gasteiger partial charge in [-0.1, -0.05) is 12.1 Å². The zero-order valence-electron chi connectivity index (χ0n) is 11.4. The maximum Gasteiger partial charge on any atom is 0.219 e. The van der Waals surface area contributed by atoms with Crippen molar-refractivity contribution in [3.8, 4) is 22.1 Å². The van der Waals surface area contributed by atoms with E-state index in [-0.39, 0.29) is 0 Å². The molecule has 0 bridgehead atoms. The summed E-state index contributed by atoms with van der Waals surface area (Å²) in [4.78, 5) is 16.7. The van der Waals surface area contributed by atoms with Crippen LogP contribution in [0.2, 0.25) is 0 Å². The molecule has 2 heterocycles. The SMILES string of the molecule is Cc1cccc(Oc2ccc(-c3cccs3)cc2C=O)n1. The van der Waals surface area contributed by atoms with Gasteiger partial charge in [-0.3, -0.25) is 4.79 Å². The number of carbonyl (C=O) groups excluding carboxylic acids is 1. The Morgan fingerprint density at radius 2 is 2.05 bits per heavy atom. The van der Waals surface area contributed by atoms with Crippen molar-refractivity contribution in [1.82, 2.24) is 4.98 Å². The molecule has 0 aliphatic carbocycles. The summed E-state index contributed by atoms with van der Waals surface area (Å²) in [6.45, 7) is 1.90. The van der Waals surface area contributed by atoms with Gasteiger partial charge in [0.15, 0.2) is 6.29 Å². The van der Waals surface area contributed by atoms with E-state index in [1.165, 1.54) is 0 Å². The lowest BCUT2D eigenvalue weighted by atomic mass is 10.1. The van der Waals surface area contributed by atoms with Crippen LogP contribution >= 0.6 is 11.3 Å². The molecule has 0 saturated heterocycles. The van der Waals surface area contributed by atoms with E-state index in [0.29, 0.717) is 17.2 Å². The molecule has 3 aromatic rings. The second-order valence-electron chi connectivity index (χ2n) is 4.57. The van der Waals surface area contributed by atoms with Crippen LogP contribution in [0.15, 0.2) is 53.9 Å². The highest BCUT2D eigenvalue weighted by atomic mass is 32.1. The summed E-state index contributed by atoms with van der Waals surface area (Å²) in [5, 5.41) is 2.01. The minimum absolute atomic E-state index is 0.488. The second kappa shape index (κ2) is 5.89. The van der Waals surface area contributed by atoms with Crippen LogP contribution in [0.1, 0.15) is 16.1 Å². The average Bonchev–Trinajstić information content (AvgIpc) is 3.02. The number of aryl methyl sites for hydroxylation is 1. The predicted molar refractivity (Wildman–Crippen MR) is 84.2 cm³/mol. The largest absolute Gasteiger partial charge is 0.438 e. The summed E-state index contributed by atoms with van der Waals surface area (Å²) in [6.07, 6.45) is 0.808. The third kappa shape index (κ3) is 3.01. The van der Waals surface area contributed by atoms with Gasteiger partial charge in [0.2, 0.25) is 5.88 Å². The fourth-order valence-corrected chi connectivity index (χ4v) is 2.74. The lowest BCUT2D eigenvalue weighted by Gasteiger charge is -2.09. The second-order valence-corrected chi connectivity index (χ2v) is 5.51. The number of rotatable bonds is 4. The molecule has 0 unspecified atom stereocenters. The first-order chi connectivity index (χ1) is 10.3. The Morgan fingerprint density at radius 1 is 1.14 bits per heavy atom. The molecular formula is C17H13NO2S. The quantitative estimate of drug-likeness (QED) is 0.654. The van der Waals surface area contributed by atoms with E-state index in [1.807, 2.05) is 54.8 Å². The summed E-state index contributed by atoms with van der Waals surface area (Å²) in [5.41, 5.74) is 2.40. The zero-order valence-corrected chi connectivity index (χ0v) is 12.3. The number of thiophene rings is 1. The molecule has 0 fully saturated rings. The Morgan fingerprint density at radius 3 is 2.76 bits per heavy atom. The van der Waals surface area contributed by atoms with Gasteiger partial charge in [0.25, 0.3) is 0 Å². The van der Waals surface area contributed by atoms with Crippen LogP contribution in [0.5, 0.6) is 11.6 Å². The smallest absolute Gasteiger partial charge is 0.219 e. The number of hydrogen-bond acceptors (Lipinski definition) is 4. The van der Waals surface area contributed by atoms with Gasteiger partial charge < -0.3 is 4.74 Å². The van der Waals surface area contributed by atoms with Crippen molar-refractivity contribution < 1.29 is 9.53 Å². The van der Waals surface area contributed by atoms with Crippen LogP contribution in [0.25, 0.3) is 10.4 Å². The van der Waals surface area contributed by atoms with Crippen LogP contribution < -0.4 is 4.74 Å². The van der Waals surface area contributed by atoms with E-state index in [0.717, 1.165) is 22.4 Å². The van der Waals surface area contributed by atoms with E-state index in [2.05, 4.69) is 4.98 Å². The molecule has 21 heavy (non-hydrogen) atoms. The molecule has 0 saturated carbocycles. The molecule has 0 amide bonds. The molecule has 0 aliphatic rings. The Balaban J connectivity index is 1.94. The summed E-state index contributed by atoms with van der Waals surface area (Å²) < 4.78 is 5.71. The summed E-state index contributed by atoms with van der Waals surface area (Å²) in [5.74, 6) is 1.00. The van der Waals surface area contributed by atoms with Gasteiger partial charge in [0.1, 0.15) is 5.75 Å². The molecule has 0 N–H and O–H groups in total. The van der Waals surface area contributed by atoms with Gasteiger partial charge in [0, 0.05) is 16.6 Å². The molecule has 3 rings (SSSR count). The van der Waals surface area contributed by atoms with Gasteiger partial charge in [0.05, 0.1) is 5.56 Å². The molecular weight excluding hydrogens is 282 g/mol. The molecule has 104 valence electrons. The third-order valence-corrected chi connectivity index (χ3v) is 3.94. The first kappa shape index (κ1) is 13.5. The molecule has 0 atom stereocenters. The highest BCUT2D eigenvalue weighted by molar-refractivity contribution is 7.13. The zero-order chi connectivity index (χ0) is 14.7. The van der Waals surface area contributed by atoms with Crippen molar-refractivity contribution in [2.45, 2.75) is 6.92 Å². The van der Waals surface area contributed by atoms with Crippen LogP contribution in [-0.2, 0) is 0 Å². The first-order valence-electron chi connectivity index (χ1n) is 6.51. The van der Waals surface area contributed by atoms with Crippen molar-refractivity contribution in [1.29, 1.82) is 0 Å². The molecule has 0 radical (unpaired) electrons. The lowest BCUT2D eigenvalue weighted by molar-refractivity contribution is 0.112. The number of nitrogens with zero attached hydrogens (tertiary/aromatic N) is 1. The number of hydrogen-bond donors (Lipinski definition) is 0. The lowest BCUT2D eigenvalue weighted by Crippen LogP contribution is -1.93. The normalized spacial score (nSPS) is 10.3. The molecule has 1 aromatic carbocycles. The molecule has 2 aromatic heterocycles. The highest BCUT2D eigenvalue weighted by Crippen LogP contribution is 2.30. The van der Waals surface area contributed by atoms with Crippen molar-refractivity contribution in [3.63, 3.8) is 0 Å². The fraction of sp³-hybridized carbons (Fsp3) is 0.0588. The van der Waals surface area contributed by atoms with E-state index < -0.39 is 0 Å². The number of aromatic nitrogens is 1. The molecule has 3 nitrogen and oxygen atoms in total. The highest BCUT2D eigenvalue weighted by Gasteiger charge is 2.08. The summed E-state index contributed by atoms with van der Waals surface area (Å²) in [7, 11) is 0. The Labute approximate surface area is 126 Å². The average molecular weight is 295 g/mol. The predicted octanol–water partition coefficient (Wildman–Crippen LogP) is 4.72. The number of aldehydes is 1. The minimum atomic E-state index is 0.488. The third-order valence-electron chi connectivity index (χ3n) is 3.02. The molecule has 0 spiro atoms. The van der Waals surface area contributed by atoms with Crippen LogP contribution in [0.3, 0.4) is 0 Å². The maximum atomic E-state index is 11.3. The van der Waals surface area contributed by atoms with Crippen molar-refractivity contribution in [2.75, 3.05) is 0 Å². The maximum absolute atomic E-state index is 11.3. The van der Waals surface area contributed by atoms with Crippen molar-refractivity contribution in [2.24, 2.45) is 0 Å². The summed E-state index contributed by atoms with van der Waals surface area (Å²) in [6, 6.07) is 15.1. The van der Waals surface area contributed by atoms with E-state index in [1.54, 1.807) is 17.4 Å². The Hall–Kier alpha value is -2.46. The number of benzene rings is 1. The van der Waals surface area contributed by atoms with Gasteiger partial charge in [-0.25, -0.2) is 4.98 Å². The summed E-state index contributed by atoms with van der Waals surface area (Å²) >= 11 is 1.64. The topological polar surface area (TPSA) is 39.2 Å². The first-order valence-corrected chi connectivity index (χ1v) is 7.39. The fourth-order valence-electron chi connectivity index (χ4n) is 2.02. The van der Waals surface area contributed by atoms with E-state index in [9.17, 15) is 4.79 Å². The van der Waals surface area contributed by atoms with Crippen LogP contribution in [0, 0.1) is 6.92 Å².